The Morgan fingerprint density at radius 3 is 2.65 bits per heavy atom. The van der Waals surface area contributed by atoms with Crippen LogP contribution in [0.3, 0.4) is 0 Å². The molecular formula is C14H19N3. The number of imidazole rings is 1. The molecule has 0 aliphatic heterocycles. The smallest absolute Gasteiger partial charge is 0.207 e. The zero-order valence-corrected chi connectivity index (χ0v) is 10.9. The predicted molar refractivity (Wildman–Crippen MR) is 71.8 cm³/mol. The van der Waals surface area contributed by atoms with E-state index in [1.165, 1.54) is 16.8 Å². The van der Waals surface area contributed by atoms with E-state index in [4.69, 9.17) is 0 Å². The van der Waals surface area contributed by atoms with Gasteiger partial charge in [-0.1, -0.05) is 25.1 Å². The van der Waals surface area contributed by atoms with Gasteiger partial charge in [-0.15, -0.1) is 0 Å². The second-order valence-corrected chi connectivity index (χ2v) is 4.40. The van der Waals surface area contributed by atoms with Crippen LogP contribution in [0.4, 0.5) is 11.6 Å². The topological polar surface area (TPSA) is 29.9 Å². The Bertz CT molecular complexity index is 526. The van der Waals surface area contributed by atoms with Crippen molar-refractivity contribution in [3.05, 3.63) is 41.2 Å². The van der Waals surface area contributed by atoms with Crippen molar-refractivity contribution in [3.63, 3.8) is 0 Å². The summed E-state index contributed by atoms with van der Waals surface area (Å²) in [5.41, 5.74) is 4.79. The van der Waals surface area contributed by atoms with E-state index in [0.29, 0.717) is 0 Å². The summed E-state index contributed by atoms with van der Waals surface area (Å²) in [6.45, 7) is 6.30. The lowest BCUT2D eigenvalue weighted by atomic mass is 10.1. The highest BCUT2D eigenvalue weighted by molar-refractivity contribution is 5.63. The number of hydrogen-bond acceptors (Lipinski definition) is 2. The Morgan fingerprint density at radius 1 is 1.29 bits per heavy atom. The van der Waals surface area contributed by atoms with Crippen molar-refractivity contribution in [1.29, 1.82) is 0 Å². The molecule has 2 aromatic rings. The number of anilines is 2. The van der Waals surface area contributed by atoms with Crippen LogP contribution in [0.5, 0.6) is 0 Å². The van der Waals surface area contributed by atoms with Crippen molar-refractivity contribution in [2.75, 3.05) is 5.32 Å². The zero-order valence-electron chi connectivity index (χ0n) is 10.9. The predicted octanol–water partition coefficient (Wildman–Crippen LogP) is 3.34. The number of aryl methyl sites for hydroxylation is 4. The van der Waals surface area contributed by atoms with Gasteiger partial charge in [0.15, 0.2) is 0 Å². The van der Waals surface area contributed by atoms with Crippen LogP contribution in [0.2, 0.25) is 0 Å². The molecule has 2 rings (SSSR count). The van der Waals surface area contributed by atoms with Gasteiger partial charge < -0.3 is 9.88 Å². The number of aromatic nitrogens is 2. The molecule has 17 heavy (non-hydrogen) atoms. The second kappa shape index (κ2) is 4.62. The van der Waals surface area contributed by atoms with Gasteiger partial charge in [0.05, 0.1) is 5.69 Å². The molecule has 3 heteroatoms. The Morgan fingerprint density at radius 2 is 2.06 bits per heavy atom. The molecule has 3 nitrogen and oxygen atoms in total. The first-order valence-corrected chi connectivity index (χ1v) is 5.97. The highest BCUT2D eigenvalue weighted by atomic mass is 15.2. The van der Waals surface area contributed by atoms with Gasteiger partial charge in [0.1, 0.15) is 0 Å². The maximum atomic E-state index is 4.47. The minimum absolute atomic E-state index is 0.895. The molecule has 1 aromatic carbocycles. The summed E-state index contributed by atoms with van der Waals surface area (Å²) in [6.07, 6.45) is 3.04. The van der Waals surface area contributed by atoms with E-state index in [1.807, 2.05) is 24.7 Å². The summed E-state index contributed by atoms with van der Waals surface area (Å²) in [7, 11) is 2.01. The van der Waals surface area contributed by atoms with Crippen LogP contribution in [0, 0.1) is 13.8 Å². The Hall–Kier alpha value is -1.77. The summed E-state index contributed by atoms with van der Waals surface area (Å²) in [5.74, 6) is 0.895. The molecule has 0 spiro atoms. The number of hydrogen-bond donors (Lipinski definition) is 1. The minimum atomic E-state index is 0.895. The molecule has 0 aliphatic carbocycles. The minimum Gasteiger partial charge on any atom is -0.325 e. The lowest BCUT2D eigenvalue weighted by Crippen LogP contribution is -2.02. The Labute approximate surface area is 103 Å². The van der Waals surface area contributed by atoms with E-state index >= 15 is 0 Å². The molecule has 0 saturated heterocycles. The first kappa shape index (κ1) is 11.7. The van der Waals surface area contributed by atoms with Crippen LogP contribution < -0.4 is 5.32 Å². The lowest BCUT2D eigenvalue weighted by molar-refractivity contribution is 0.922. The van der Waals surface area contributed by atoms with Gasteiger partial charge in [0.2, 0.25) is 5.95 Å². The Balaban J connectivity index is 2.39. The van der Waals surface area contributed by atoms with Gasteiger partial charge in [-0.05, 0) is 31.4 Å². The van der Waals surface area contributed by atoms with Crippen molar-refractivity contribution >= 4 is 11.6 Å². The van der Waals surface area contributed by atoms with Gasteiger partial charge in [-0.3, -0.25) is 0 Å². The Kier molecular flexibility index (Phi) is 3.18. The lowest BCUT2D eigenvalue weighted by Gasteiger charge is -2.13. The van der Waals surface area contributed by atoms with Crippen molar-refractivity contribution < 1.29 is 0 Å². The number of rotatable bonds is 3. The fraction of sp³-hybridized carbons (Fsp3) is 0.357. The molecule has 1 heterocycles. The highest BCUT2D eigenvalue weighted by Gasteiger charge is 2.07. The number of nitrogens with zero attached hydrogens (tertiary/aromatic N) is 2. The number of nitrogens with one attached hydrogen (secondary N) is 1. The molecule has 0 unspecified atom stereocenters. The average molecular weight is 229 g/mol. The molecule has 0 atom stereocenters. The molecule has 0 aliphatic rings. The summed E-state index contributed by atoms with van der Waals surface area (Å²) in [5, 5.41) is 3.43. The van der Waals surface area contributed by atoms with Crippen LogP contribution in [-0.2, 0) is 13.5 Å². The third-order valence-corrected chi connectivity index (χ3v) is 2.97. The zero-order chi connectivity index (χ0) is 12.4. The second-order valence-electron chi connectivity index (χ2n) is 4.40. The average Bonchev–Trinajstić information content (AvgIpc) is 2.60. The highest BCUT2D eigenvalue weighted by Crippen LogP contribution is 2.24. The largest absolute Gasteiger partial charge is 0.325 e. The van der Waals surface area contributed by atoms with E-state index in [-0.39, 0.29) is 0 Å². The first-order valence-electron chi connectivity index (χ1n) is 5.97. The molecule has 0 saturated carbocycles. The maximum absolute atomic E-state index is 4.47. The normalized spacial score (nSPS) is 10.6. The van der Waals surface area contributed by atoms with Gasteiger partial charge in [-0.25, -0.2) is 4.98 Å². The molecule has 90 valence electrons. The summed E-state index contributed by atoms with van der Waals surface area (Å²) >= 11 is 0. The first-order chi connectivity index (χ1) is 8.11. The number of benzene rings is 1. The van der Waals surface area contributed by atoms with E-state index in [2.05, 4.69) is 42.3 Å². The SMILES string of the molecule is CCc1cccc(C)c1Nc1nc(C)cn1C. The van der Waals surface area contributed by atoms with Crippen molar-refractivity contribution in [3.8, 4) is 0 Å². The van der Waals surface area contributed by atoms with Gasteiger partial charge >= 0.3 is 0 Å². The van der Waals surface area contributed by atoms with Crippen LogP contribution in [0.1, 0.15) is 23.7 Å². The molecule has 1 aromatic heterocycles. The van der Waals surface area contributed by atoms with E-state index < -0.39 is 0 Å². The van der Waals surface area contributed by atoms with Crippen molar-refractivity contribution in [2.45, 2.75) is 27.2 Å². The molecular weight excluding hydrogens is 210 g/mol. The fourth-order valence-corrected chi connectivity index (χ4v) is 2.05. The monoisotopic (exact) mass is 229 g/mol. The molecule has 0 radical (unpaired) electrons. The molecule has 0 fully saturated rings. The van der Waals surface area contributed by atoms with Crippen LogP contribution in [0.15, 0.2) is 24.4 Å². The standard InChI is InChI=1S/C14H19N3/c1-5-12-8-6-7-10(2)13(12)16-14-15-11(3)9-17(14)4/h6-9H,5H2,1-4H3,(H,15,16). The van der Waals surface area contributed by atoms with Gasteiger partial charge in [0.25, 0.3) is 0 Å². The van der Waals surface area contributed by atoms with Crippen LogP contribution in [-0.4, -0.2) is 9.55 Å². The number of para-hydroxylation sites is 1. The van der Waals surface area contributed by atoms with Gasteiger partial charge in [-0.2, -0.15) is 0 Å². The maximum Gasteiger partial charge on any atom is 0.207 e. The van der Waals surface area contributed by atoms with Crippen LogP contribution in [0.25, 0.3) is 0 Å². The third kappa shape index (κ3) is 2.33. The molecule has 0 bridgehead atoms. The summed E-state index contributed by atoms with van der Waals surface area (Å²) < 4.78 is 2.02. The van der Waals surface area contributed by atoms with Crippen LogP contribution >= 0.6 is 0 Å². The summed E-state index contributed by atoms with van der Waals surface area (Å²) in [4.78, 5) is 4.47. The summed E-state index contributed by atoms with van der Waals surface area (Å²) in [6, 6.07) is 6.38. The van der Waals surface area contributed by atoms with Crippen molar-refractivity contribution in [1.82, 2.24) is 9.55 Å². The molecule has 0 amide bonds. The van der Waals surface area contributed by atoms with E-state index in [1.54, 1.807) is 0 Å². The quantitative estimate of drug-likeness (QED) is 0.874. The van der Waals surface area contributed by atoms with E-state index in [0.717, 1.165) is 18.1 Å². The third-order valence-electron chi connectivity index (χ3n) is 2.97. The van der Waals surface area contributed by atoms with Crippen molar-refractivity contribution in [2.24, 2.45) is 7.05 Å². The fourth-order valence-electron chi connectivity index (χ4n) is 2.05. The van der Waals surface area contributed by atoms with E-state index in [9.17, 15) is 0 Å². The molecule has 1 N–H and O–H groups in total. The van der Waals surface area contributed by atoms with Gasteiger partial charge in [0, 0.05) is 18.9 Å².